The molecular weight excluding hydrogens is 254 g/mol. The van der Waals surface area contributed by atoms with Crippen molar-refractivity contribution >= 4 is 17.5 Å². The van der Waals surface area contributed by atoms with E-state index >= 15 is 0 Å². The highest BCUT2D eigenvalue weighted by Crippen LogP contribution is 2.05. The van der Waals surface area contributed by atoms with Gasteiger partial charge in [-0.15, -0.1) is 0 Å². The Hall–Kier alpha value is -1.95. The van der Waals surface area contributed by atoms with E-state index in [4.69, 9.17) is 11.6 Å². The zero-order chi connectivity index (χ0) is 13.0. The largest absolute Gasteiger partial charge is 0.350 e. The molecular formula is C11H12ClN5O. The summed E-state index contributed by atoms with van der Waals surface area (Å²) in [6, 6.07) is 1.59. The first-order valence-corrected chi connectivity index (χ1v) is 5.80. The first-order valence-electron chi connectivity index (χ1n) is 5.43. The van der Waals surface area contributed by atoms with Crippen LogP contribution in [-0.4, -0.2) is 32.4 Å². The molecule has 2 rings (SSSR count). The molecule has 6 nitrogen and oxygen atoms in total. The molecule has 0 saturated carbocycles. The Morgan fingerprint density at radius 1 is 1.50 bits per heavy atom. The van der Waals surface area contributed by atoms with Gasteiger partial charge >= 0.3 is 0 Å². The maximum atomic E-state index is 11.8. The number of H-pyrrole nitrogens is 1. The molecule has 18 heavy (non-hydrogen) atoms. The molecule has 0 unspecified atom stereocenters. The van der Waals surface area contributed by atoms with Gasteiger partial charge in [-0.2, -0.15) is 0 Å². The molecule has 0 radical (unpaired) electrons. The van der Waals surface area contributed by atoms with E-state index in [2.05, 4.69) is 25.3 Å². The zero-order valence-corrected chi connectivity index (χ0v) is 10.5. The fourth-order valence-electron chi connectivity index (χ4n) is 1.47. The van der Waals surface area contributed by atoms with Gasteiger partial charge in [0.05, 0.1) is 0 Å². The number of aromatic nitrogens is 4. The van der Waals surface area contributed by atoms with E-state index in [1.165, 1.54) is 0 Å². The van der Waals surface area contributed by atoms with Crippen LogP contribution in [0.5, 0.6) is 0 Å². The van der Waals surface area contributed by atoms with Gasteiger partial charge < -0.3 is 10.3 Å². The average molecular weight is 266 g/mol. The van der Waals surface area contributed by atoms with Gasteiger partial charge in [-0.3, -0.25) is 4.79 Å². The Kier molecular flexibility index (Phi) is 3.88. The maximum Gasteiger partial charge on any atom is 0.270 e. The molecule has 0 bridgehead atoms. The Bertz CT molecular complexity index is 520. The van der Waals surface area contributed by atoms with Crippen molar-refractivity contribution in [2.45, 2.75) is 13.3 Å². The fourth-order valence-corrected chi connectivity index (χ4v) is 1.69. The van der Waals surface area contributed by atoms with E-state index in [1.54, 1.807) is 25.4 Å². The van der Waals surface area contributed by atoms with Gasteiger partial charge in [0.1, 0.15) is 11.5 Å². The number of hydrogen-bond donors (Lipinski definition) is 2. The highest BCUT2D eigenvalue weighted by molar-refractivity contribution is 6.28. The number of hydrogen-bond acceptors (Lipinski definition) is 4. The van der Waals surface area contributed by atoms with E-state index in [9.17, 15) is 4.79 Å². The van der Waals surface area contributed by atoms with Gasteiger partial charge in [-0.1, -0.05) is 0 Å². The van der Waals surface area contributed by atoms with Crippen LogP contribution in [0.2, 0.25) is 5.28 Å². The fraction of sp³-hybridized carbons (Fsp3) is 0.273. The van der Waals surface area contributed by atoms with Gasteiger partial charge in [-0.05, 0) is 24.6 Å². The third kappa shape index (κ3) is 3.27. The van der Waals surface area contributed by atoms with Crippen LogP contribution < -0.4 is 5.32 Å². The number of rotatable bonds is 4. The van der Waals surface area contributed by atoms with E-state index in [0.717, 1.165) is 5.82 Å². The number of imidazole rings is 1. The lowest BCUT2D eigenvalue weighted by atomic mass is 10.3. The van der Waals surface area contributed by atoms with Gasteiger partial charge in [-0.25, -0.2) is 15.0 Å². The van der Waals surface area contributed by atoms with Crippen molar-refractivity contribution in [1.82, 2.24) is 25.3 Å². The third-order valence-corrected chi connectivity index (χ3v) is 2.43. The number of amides is 1. The van der Waals surface area contributed by atoms with E-state index in [1.807, 2.05) is 0 Å². The summed E-state index contributed by atoms with van der Waals surface area (Å²) in [4.78, 5) is 26.6. The second-order valence-corrected chi connectivity index (χ2v) is 4.04. The Morgan fingerprint density at radius 2 is 2.33 bits per heavy atom. The van der Waals surface area contributed by atoms with Crippen molar-refractivity contribution in [1.29, 1.82) is 0 Å². The molecule has 0 aromatic carbocycles. The van der Waals surface area contributed by atoms with Crippen molar-refractivity contribution < 1.29 is 4.79 Å². The number of nitrogens with zero attached hydrogens (tertiary/aromatic N) is 3. The summed E-state index contributed by atoms with van der Waals surface area (Å²) in [5.74, 6) is 0.557. The predicted molar refractivity (Wildman–Crippen MR) is 66.4 cm³/mol. The SMILES string of the molecule is Cc1cc(C(=O)NCCc2ncc[nH]2)nc(Cl)n1. The summed E-state index contributed by atoms with van der Waals surface area (Å²) < 4.78 is 0. The predicted octanol–water partition coefficient (Wildman–Crippen LogP) is 1.13. The van der Waals surface area contributed by atoms with Crippen LogP contribution in [0.1, 0.15) is 22.0 Å². The molecule has 0 saturated heterocycles. The minimum absolute atomic E-state index is 0.0752. The Morgan fingerprint density at radius 3 is 3.00 bits per heavy atom. The number of aromatic amines is 1. The van der Waals surface area contributed by atoms with Crippen LogP contribution in [-0.2, 0) is 6.42 Å². The average Bonchev–Trinajstić information content (AvgIpc) is 2.80. The van der Waals surface area contributed by atoms with Crippen LogP contribution >= 0.6 is 11.6 Å². The van der Waals surface area contributed by atoms with Crippen LogP contribution in [0.15, 0.2) is 18.5 Å². The summed E-state index contributed by atoms with van der Waals surface area (Å²) in [6.45, 7) is 2.24. The minimum atomic E-state index is -0.269. The van der Waals surface area contributed by atoms with Crippen molar-refractivity contribution in [3.63, 3.8) is 0 Å². The number of halogens is 1. The molecule has 94 valence electrons. The Balaban J connectivity index is 1.91. The summed E-state index contributed by atoms with van der Waals surface area (Å²) in [6.07, 6.45) is 4.05. The van der Waals surface area contributed by atoms with Crippen molar-refractivity contribution in [3.05, 3.63) is 41.0 Å². The second-order valence-electron chi connectivity index (χ2n) is 3.71. The summed E-state index contributed by atoms with van der Waals surface area (Å²) in [7, 11) is 0. The first-order chi connectivity index (χ1) is 8.65. The van der Waals surface area contributed by atoms with Gasteiger partial charge in [0.25, 0.3) is 5.91 Å². The van der Waals surface area contributed by atoms with E-state index in [-0.39, 0.29) is 16.9 Å². The monoisotopic (exact) mass is 265 g/mol. The molecule has 0 aliphatic rings. The first kappa shape index (κ1) is 12.5. The molecule has 0 aliphatic carbocycles. The van der Waals surface area contributed by atoms with Gasteiger partial charge in [0, 0.05) is 31.1 Å². The van der Waals surface area contributed by atoms with Crippen LogP contribution in [0.4, 0.5) is 0 Å². The second kappa shape index (κ2) is 5.59. The lowest BCUT2D eigenvalue weighted by Crippen LogP contribution is -2.27. The van der Waals surface area contributed by atoms with Crippen molar-refractivity contribution in [2.75, 3.05) is 6.54 Å². The minimum Gasteiger partial charge on any atom is -0.350 e. The zero-order valence-electron chi connectivity index (χ0n) is 9.77. The molecule has 2 N–H and O–H groups in total. The third-order valence-electron chi connectivity index (χ3n) is 2.26. The smallest absolute Gasteiger partial charge is 0.270 e. The molecule has 1 amide bonds. The Labute approximate surface area is 109 Å². The number of aryl methyl sites for hydroxylation is 1. The number of nitrogens with one attached hydrogen (secondary N) is 2. The standard InChI is InChI=1S/C11H12ClN5O/c1-7-6-8(17-11(12)16-7)10(18)15-3-2-9-13-4-5-14-9/h4-6H,2-3H2,1H3,(H,13,14)(H,15,18). The molecule has 2 aromatic heterocycles. The molecule has 0 spiro atoms. The highest BCUT2D eigenvalue weighted by atomic mass is 35.5. The highest BCUT2D eigenvalue weighted by Gasteiger charge is 2.09. The molecule has 0 atom stereocenters. The lowest BCUT2D eigenvalue weighted by molar-refractivity contribution is 0.0948. The van der Waals surface area contributed by atoms with E-state index < -0.39 is 0 Å². The molecule has 0 fully saturated rings. The van der Waals surface area contributed by atoms with Crippen LogP contribution in [0, 0.1) is 6.92 Å². The van der Waals surface area contributed by atoms with Gasteiger partial charge in [0.15, 0.2) is 0 Å². The van der Waals surface area contributed by atoms with Crippen LogP contribution in [0.3, 0.4) is 0 Å². The summed E-state index contributed by atoms with van der Waals surface area (Å²) >= 11 is 5.69. The summed E-state index contributed by atoms with van der Waals surface area (Å²) in [5.41, 5.74) is 0.929. The number of carbonyl (C=O) groups is 1. The molecule has 2 heterocycles. The summed E-state index contributed by atoms with van der Waals surface area (Å²) in [5, 5.41) is 2.82. The molecule has 0 aliphatic heterocycles. The lowest BCUT2D eigenvalue weighted by Gasteiger charge is -2.04. The molecule has 2 aromatic rings. The maximum absolute atomic E-state index is 11.8. The number of carbonyl (C=O) groups excluding carboxylic acids is 1. The quantitative estimate of drug-likeness (QED) is 0.812. The topological polar surface area (TPSA) is 83.6 Å². The molecule has 7 heteroatoms. The van der Waals surface area contributed by atoms with Crippen molar-refractivity contribution in [2.24, 2.45) is 0 Å². The van der Waals surface area contributed by atoms with E-state index in [0.29, 0.717) is 18.7 Å². The van der Waals surface area contributed by atoms with Crippen molar-refractivity contribution in [3.8, 4) is 0 Å². The van der Waals surface area contributed by atoms with Gasteiger partial charge in [0.2, 0.25) is 5.28 Å². The normalized spacial score (nSPS) is 10.3. The van der Waals surface area contributed by atoms with Crippen LogP contribution in [0.25, 0.3) is 0 Å².